The average Bonchev–Trinajstić information content (AvgIpc) is 2.40. The highest BCUT2D eigenvalue weighted by atomic mass is 127. The molecule has 2 aromatic rings. The minimum atomic E-state index is -3.37. The Morgan fingerprint density at radius 1 is 0.824 bits per heavy atom. The second-order valence-corrected chi connectivity index (χ2v) is 6.31. The first-order valence-electron chi connectivity index (χ1n) is 5.09. The first kappa shape index (κ1) is 12.6. The van der Waals surface area contributed by atoms with Crippen LogP contribution in [-0.2, 0) is 14.3 Å². The normalized spacial score (nSPS) is 11.4. The predicted molar refractivity (Wildman–Crippen MR) is 76.1 cm³/mol. The number of alkyl halides is 1. The number of rotatable bonds is 3. The Kier molecular flexibility index (Phi) is 3.83. The average molecular weight is 358 g/mol. The zero-order valence-electron chi connectivity index (χ0n) is 9.01. The van der Waals surface area contributed by atoms with Crippen LogP contribution in [0.3, 0.4) is 0 Å². The van der Waals surface area contributed by atoms with Gasteiger partial charge in [0.05, 0.1) is 9.79 Å². The van der Waals surface area contributed by atoms with Crippen molar-refractivity contribution in [3.8, 4) is 0 Å². The van der Waals surface area contributed by atoms with Gasteiger partial charge in [-0.1, -0.05) is 52.9 Å². The van der Waals surface area contributed by atoms with Crippen molar-refractivity contribution in [1.29, 1.82) is 0 Å². The number of benzene rings is 2. The maximum Gasteiger partial charge on any atom is 0.206 e. The van der Waals surface area contributed by atoms with Crippen LogP contribution in [0, 0.1) is 0 Å². The molecule has 0 unspecified atom stereocenters. The van der Waals surface area contributed by atoms with Crippen molar-refractivity contribution in [3.63, 3.8) is 0 Å². The van der Waals surface area contributed by atoms with Gasteiger partial charge in [0.25, 0.3) is 0 Å². The molecule has 0 N–H and O–H groups in total. The fraction of sp³-hybridized carbons (Fsp3) is 0.0769. The summed E-state index contributed by atoms with van der Waals surface area (Å²) in [4.78, 5) is 0.680. The third-order valence-corrected chi connectivity index (χ3v) is 5.11. The van der Waals surface area contributed by atoms with Crippen molar-refractivity contribution in [2.24, 2.45) is 0 Å². The van der Waals surface area contributed by atoms with Gasteiger partial charge in [-0.05, 0) is 29.8 Å². The predicted octanol–water partition coefficient (Wildman–Crippen LogP) is 3.45. The molecule has 0 aromatic heterocycles. The fourth-order valence-electron chi connectivity index (χ4n) is 1.49. The molecule has 2 rings (SSSR count). The molecule has 0 aliphatic carbocycles. The molecule has 0 heterocycles. The zero-order chi connectivity index (χ0) is 12.3. The molecule has 0 aliphatic rings. The molecule has 0 spiro atoms. The van der Waals surface area contributed by atoms with E-state index < -0.39 is 9.84 Å². The number of halogens is 1. The zero-order valence-corrected chi connectivity index (χ0v) is 12.0. The molecule has 0 radical (unpaired) electrons. The summed E-state index contributed by atoms with van der Waals surface area (Å²) in [7, 11) is -3.37. The molecule has 88 valence electrons. The third-order valence-electron chi connectivity index (χ3n) is 2.44. The molecule has 0 saturated carbocycles. The molecule has 2 nitrogen and oxygen atoms in total. The van der Waals surface area contributed by atoms with E-state index in [2.05, 4.69) is 22.6 Å². The van der Waals surface area contributed by atoms with E-state index >= 15 is 0 Å². The molecule has 0 amide bonds. The first-order chi connectivity index (χ1) is 8.14. The SMILES string of the molecule is O=S(=O)(c1ccccc1)c1ccc(CI)cc1. The molecule has 0 atom stereocenters. The monoisotopic (exact) mass is 358 g/mol. The maximum atomic E-state index is 12.2. The van der Waals surface area contributed by atoms with Gasteiger partial charge in [-0.3, -0.25) is 0 Å². The lowest BCUT2D eigenvalue weighted by molar-refractivity contribution is 0.596. The first-order valence-corrected chi connectivity index (χ1v) is 8.10. The highest BCUT2D eigenvalue weighted by Crippen LogP contribution is 2.21. The van der Waals surface area contributed by atoms with Crippen molar-refractivity contribution in [3.05, 3.63) is 60.2 Å². The largest absolute Gasteiger partial charge is 0.219 e. The topological polar surface area (TPSA) is 34.1 Å². The van der Waals surface area contributed by atoms with Gasteiger partial charge in [0.2, 0.25) is 9.84 Å². The summed E-state index contributed by atoms with van der Waals surface area (Å²) in [6.45, 7) is 0. The van der Waals surface area contributed by atoms with Crippen molar-refractivity contribution in [2.75, 3.05) is 0 Å². The number of sulfone groups is 1. The van der Waals surface area contributed by atoms with Gasteiger partial charge in [0.1, 0.15) is 0 Å². The Morgan fingerprint density at radius 3 is 1.88 bits per heavy atom. The number of hydrogen-bond acceptors (Lipinski definition) is 2. The van der Waals surface area contributed by atoms with Gasteiger partial charge in [0, 0.05) is 4.43 Å². The molecule has 0 aliphatic heterocycles. The van der Waals surface area contributed by atoms with E-state index in [9.17, 15) is 8.42 Å². The van der Waals surface area contributed by atoms with E-state index in [1.165, 1.54) is 0 Å². The second kappa shape index (κ2) is 5.18. The summed E-state index contributed by atoms with van der Waals surface area (Å²) in [6, 6.07) is 15.5. The summed E-state index contributed by atoms with van der Waals surface area (Å²) in [5.74, 6) is 0. The lowest BCUT2D eigenvalue weighted by Gasteiger charge is -2.04. The fourth-order valence-corrected chi connectivity index (χ4v) is 3.28. The Bertz CT molecular complexity index is 589. The van der Waals surface area contributed by atoms with Crippen molar-refractivity contribution < 1.29 is 8.42 Å². The van der Waals surface area contributed by atoms with E-state index in [0.717, 1.165) is 9.99 Å². The lowest BCUT2D eigenvalue weighted by Crippen LogP contribution is -2.01. The van der Waals surface area contributed by atoms with Crippen LogP contribution < -0.4 is 0 Å². The van der Waals surface area contributed by atoms with Crippen molar-refractivity contribution in [1.82, 2.24) is 0 Å². The van der Waals surface area contributed by atoms with Gasteiger partial charge < -0.3 is 0 Å². The Labute approximate surface area is 115 Å². The van der Waals surface area contributed by atoms with Crippen molar-refractivity contribution in [2.45, 2.75) is 14.2 Å². The molecule has 0 saturated heterocycles. The molecule has 0 bridgehead atoms. The summed E-state index contributed by atoms with van der Waals surface area (Å²) in [6.07, 6.45) is 0. The molecular weight excluding hydrogens is 347 g/mol. The minimum Gasteiger partial charge on any atom is -0.219 e. The number of hydrogen-bond donors (Lipinski definition) is 0. The van der Waals surface area contributed by atoms with E-state index in [1.54, 1.807) is 42.5 Å². The van der Waals surface area contributed by atoms with Gasteiger partial charge in [-0.25, -0.2) is 8.42 Å². The van der Waals surface area contributed by atoms with E-state index in [0.29, 0.717) is 9.79 Å². The third kappa shape index (κ3) is 2.69. The molecule has 4 heteroatoms. The smallest absolute Gasteiger partial charge is 0.206 e. The minimum absolute atomic E-state index is 0.335. The van der Waals surface area contributed by atoms with Crippen molar-refractivity contribution >= 4 is 32.4 Å². The Morgan fingerprint density at radius 2 is 1.35 bits per heavy atom. The lowest BCUT2D eigenvalue weighted by atomic mass is 10.2. The highest BCUT2D eigenvalue weighted by molar-refractivity contribution is 14.1. The maximum absolute atomic E-state index is 12.2. The summed E-state index contributed by atoms with van der Waals surface area (Å²) >= 11 is 2.25. The van der Waals surface area contributed by atoms with Crippen LogP contribution in [0.1, 0.15) is 5.56 Å². The van der Waals surface area contributed by atoms with Crippen LogP contribution >= 0.6 is 22.6 Å². The molecule has 17 heavy (non-hydrogen) atoms. The van der Waals surface area contributed by atoms with Crippen LogP contribution in [-0.4, -0.2) is 8.42 Å². The van der Waals surface area contributed by atoms with E-state index in [-0.39, 0.29) is 0 Å². The van der Waals surface area contributed by atoms with Gasteiger partial charge in [0.15, 0.2) is 0 Å². The quantitative estimate of drug-likeness (QED) is 0.622. The Hall–Kier alpha value is -0.880. The molecule has 0 fully saturated rings. The highest BCUT2D eigenvalue weighted by Gasteiger charge is 2.16. The summed E-state index contributed by atoms with van der Waals surface area (Å²) in [5.41, 5.74) is 1.12. The Balaban J connectivity index is 2.45. The summed E-state index contributed by atoms with van der Waals surface area (Å²) in [5, 5.41) is 0. The van der Waals surface area contributed by atoms with Crippen LogP contribution in [0.15, 0.2) is 64.4 Å². The standard InChI is InChI=1S/C13H11IO2S/c14-10-11-6-8-13(9-7-11)17(15,16)12-4-2-1-3-5-12/h1-9H,10H2. The van der Waals surface area contributed by atoms with Crippen LogP contribution in [0.5, 0.6) is 0 Å². The van der Waals surface area contributed by atoms with Crippen LogP contribution in [0.25, 0.3) is 0 Å². The molecule has 2 aromatic carbocycles. The summed E-state index contributed by atoms with van der Waals surface area (Å²) < 4.78 is 25.3. The van der Waals surface area contributed by atoms with Crippen LogP contribution in [0.2, 0.25) is 0 Å². The van der Waals surface area contributed by atoms with Crippen LogP contribution in [0.4, 0.5) is 0 Å². The van der Waals surface area contributed by atoms with Gasteiger partial charge in [-0.2, -0.15) is 0 Å². The van der Waals surface area contributed by atoms with E-state index in [4.69, 9.17) is 0 Å². The van der Waals surface area contributed by atoms with Gasteiger partial charge in [-0.15, -0.1) is 0 Å². The second-order valence-electron chi connectivity index (χ2n) is 3.59. The molecular formula is C13H11IO2S. The van der Waals surface area contributed by atoms with E-state index in [1.807, 2.05) is 12.1 Å². The van der Waals surface area contributed by atoms with Gasteiger partial charge >= 0.3 is 0 Å².